The number of hydrogen-bond donors (Lipinski definition) is 2. The van der Waals surface area contributed by atoms with Crippen molar-refractivity contribution in [3.63, 3.8) is 0 Å². The Morgan fingerprint density at radius 3 is 2.14 bits per heavy atom. The highest BCUT2D eigenvalue weighted by molar-refractivity contribution is 9.10. The summed E-state index contributed by atoms with van der Waals surface area (Å²) in [6.07, 6.45) is 0.185. The summed E-state index contributed by atoms with van der Waals surface area (Å²) in [7, 11) is 0. The summed E-state index contributed by atoms with van der Waals surface area (Å²) in [6.45, 7) is 0.260. The first kappa shape index (κ1) is 19.6. The molecule has 0 bridgehead atoms. The van der Waals surface area contributed by atoms with Crippen LogP contribution in [0.2, 0.25) is 0 Å². The van der Waals surface area contributed by atoms with E-state index < -0.39 is 0 Å². The number of anilines is 1. The second-order valence-electron chi connectivity index (χ2n) is 6.00. The van der Waals surface area contributed by atoms with E-state index in [0.29, 0.717) is 17.0 Å². The highest BCUT2D eigenvalue weighted by atomic mass is 79.9. The number of amides is 2. The van der Waals surface area contributed by atoms with Crippen molar-refractivity contribution >= 4 is 33.4 Å². The summed E-state index contributed by atoms with van der Waals surface area (Å²) in [6, 6.07) is 23.6. The van der Waals surface area contributed by atoms with Crippen molar-refractivity contribution in [2.24, 2.45) is 0 Å². The number of rotatable bonds is 7. The molecule has 3 aromatic carbocycles. The smallest absolute Gasteiger partial charge is 0.251 e. The van der Waals surface area contributed by atoms with Crippen molar-refractivity contribution < 1.29 is 14.3 Å². The maximum absolute atomic E-state index is 12.1. The summed E-state index contributed by atoms with van der Waals surface area (Å²) < 4.78 is 6.62. The summed E-state index contributed by atoms with van der Waals surface area (Å²) in [5.74, 6) is 1.06. The van der Waals surface area contributed by atoms with Crippen LogP contribution in [-0.2, 0) is 4.79 Å². The first-order valence-corrected chi connectivity index (χ1v) is 9.56. The topological polar surface area (TPSA) is 67.4 Å². The number of carbonyl (C=O) groups excluding carboxylic acids is 2. The standard InChI is InChI=1S/C22H19BrN2O3/c23-17-8-6-16(7-9-17)22(27)24-15-14-21(26)25-18-10-12-20(13-11-18)28-19-4-2-1-3-5-19/h1-13H,14-15H2,(H,24,27)(H,25,26). The predicted octanol–water partition coefficient (Wildman–Crippen LogP) is 5.00. The Morgan fingerprint density at radius 2 is 1.46 bits per heavy atom. The summed E-state index contributed by atoms with van der Waals surface area (Å²) in [5.41, 5.74) is 1.22. The van der Waals surface area contributed by atoms with Crippen LogP contribution in [-0.4, -0.2) is 18.4 Å². The van der Waals surface area contributed by atoms with Crippen LogP contribution in [0, 0.1) is 0 Å². The number of ether oxygens (including phenoxy) is 1. The molecule has 0 aliphatic rings. The van der Waals surface area contributed by atoms with Gasteiger partial charge in [-0.15, -0.1) is 0 Å². The van der Waals surface area contributed by atoms with Crippen molar-refractivity contribution in [1.82, 2.24) is 5.32 Å². The third-order valence-corrected chi connectivity index (χ3v) is 4.39. The molecule has 0 fully saturated rings. The summed E-state index contributed by atoms with van der Waals surface area (Å²) in [5, 5.41) is 5.54. The number of halogens is 1. The van der Waals surface area contributed by atoms with Crippen LogP contribution in [0.15, 0.2) is 83.3 Å². The molecule has 0 unspecified atom stereocenters. The zero-order valence-corrected chi connectivity index (χ0v) is 16.6. The molecule has 5 nitrogen and oxygen atoms in total. The van der Waals surface area contributed by atoms with Crippen LogP contribution in [0.1, 0.15) is 16.8 Å². The number of benzene rings is 3. The SMILES string of the molecule is O=C(CCNC(=O)c1ccc(Br)cc1)Nc1ccc(Oc2ccccc2)cc1. The lowest BCUT2D eigenvalue weighted by atomic mass is 10.2. The number of nitrogens with one attached hydrogen (secondary N) is 2. The van der Waals surface area contributed by atoms with E-state index in [9.17, 15) is 9.59 Å². The van der Waals surface area contributed by atoms with Gasteiger partial charge in [0.05, 0.1) is 0 Å². The Balaban J connectivity index is 1.43. The predicted molar refractivity (Wildman–Crippen MR) is 113 cm³/mol. The molecule has 0 aliphatic carbocycles. The molecule has 2 N–H and O–H groups in total. The second kappa shape index (κ2) is 9.71. The number of carbonyl (C=O) groups is 2. The van der Waals surface area contributed by atoms with E-state index in [0.717, 1.165) is 10.2 Å². The molecule has 0 aliphatic heterocycles. The molecule has 2 amide bonds. The maximum atomic E-state index is 12.1. The lowest BCUT2D eigenvalue weighted by Crippen LogP contribution is -2.27. The molecule has 142 valence electrons. The molecular formula is C22H19BrN2O3. The summed E-state index contributed by atoms with van der Waals surface area (Å²) >= 11 is 3.33. The fraction of sp³-hybridized carbons (Fsp3) is 0.0909. The molecular weight excluding hydrogens is 420 g/mol. The van der Waals surface area contributed by atoms with Gasteiger partial charge >= 0.3 is 0 Å². The number of para-hydroxylation sites is 1. The van der Waals surface area contributed by atoms with E-state index in [1.54, 1.807) is 48.5 Å². The van der Waals surface area contributed by atoms with Gasteiger partial charge in [-0.3, -0.25) is 9.59 Å². The van der Waals surface area contributed by atoms with E-state index in [1.165, 1.54) is 0 Å². The van der Waals surface area contributed by atoms with E-state index in [2.05, 4.69) is 26.6 Å². The lowest BCUT2D eigenvalue weighted by Gasteiger charge is -2.09. The Bertz CT molecular complexity index is 926. The van der Waals surface area contributed by atoms with E-state index >= 15 is 0 Å². The molecule has 0 spiro atoms. The van der Waals surface area contributed by atoms with Crippen molar-refractivity contribution in [2.75, 3.05) is 11.9 Å². The maximum Gasteiger partial charge on any atom is 0.251 e. The molecule has 0 heterocycles. The molecule has 0 aromatic heterocycles. The van der Waals surface area contributed by atoms with Crippen LogP contribution < -0.4 is 15.4 Å². The van der Waals surface area contributed by atoms with Gasteiger partial charge < -0.3 is 15.4 Å². The van der Waals surface area contributed by atoms with Crippen molar-refractivity contribution in [3.05, 3.63) is 88.9 Å². The highest BCUT2D eigenvalue weighted by Crippen LogP contribution is 2.22. The molecule has 0 saturated carbocycles. The molecule has 3 aromatic rings. The largest absolute Gasteiger partial charge is 0.457 e. The Kier molecular flexibility index (Phi) is 6.81. The zero-order chi connectivity index (χ0) is 19.8. The van der Waals surface area contributed by atoms with Crippen LogP contribution in [0.3, 0.4) is 0 Å². The monoisotopic (exact) mass is 438 g/mol. The third kappa shape index (κ3) is 5.96. The van der Waals surface area contributed by atoms with Crippen molar-refractivity contribution in [1.29, 1.82) is 0 Å². The second-order valence-corrected chi connectivity index (χ2v) is 6.92. The zero-order valence-electron chi connectivity index (χ0n) is 15.0. The minimum atomic E-state index is -0.206. The normalized spacial score (nSPS) is 10.2. The molecule has 3 rings (SSSR count). The number of hydrogen-bond acceptors (Lipinski definition) is 3. The van der Waals surface area contributed by atoms with Crippen LogP contribution >= 0.6 is 15.9 Å². The van der Waals surface area contributed by atoms with Gasteiger partial charge in [-0.1, -0.05) is 34.1 Å². The molecule has 28 heavy (non-hydrogen) atoms. The minimum Gasteiger partial charge on any atom is -0.457 e. The Morgan fingerprint density at radius 1 is 0.821 bits per heavy atom. The fourth-order valence-electron chi connectivity index (χ4n) is 2.45. The first-order valence-electron chi connectivity index (χ1n) is 8.77. The quantitative estimate of drug-likeness (QED) is 0.545. The highest BCUT2D eigenvalue weighted by Gasteiger charge is 2.07. The van der Waals surface area contributed by atoms with E-state index in [-0.39, 0.29) is 24.8 Å². The fourth-order valence-corrected chi connectivity index (χ4v) is 2.71. The van der Waals surface area contributed by atoms with E-state index in [4.69, 9.17) is 4.74 Å². The van der Waals surface area contributed by atoms with Gasteiger partial charge in [0.15, 0.2) is 0 Å². The van der Waals surface area contributed by atoms with Crippen molar-refractivity contribution in [3.8, 4) is 11.5 Å². The molecule has 6 heteroatoms. The first-order chi connectivity index (χ1) is 13.6. The molecule has 0 saturated heterocycles. The van der Waals surface area contributed by atoms with Gasteiger partial charge in [0.25, 0.3) is 5.91 Å². The van der Waals surface area contributed by atoms with Crippen LogP contribution in [0.5, 0.6) is 11.5 Å². The van der Waals surface area contributed by atoms with Crippen LogP contribution in [0.25, 0.3) is 0 Å². The van der Waals surface area contributed by atoms with Gasteiger partial charge in [-0.05, 0) is 60.7 Å². The average molecular weight is 439 g/mol. The molecule has 0 radical (unpaired) electrons. The summed E-state index contributed by atoms with van der Waals surface area (Å²) in [4.78, 5) is 24.1. The van der Waals surface area contributed by atoms with Crippen LogP contribution in [0.4, 0.5) is 5.69 Å². The van der Waals surface area contributed by atoms with Crippen molar-refractivity contribution in [2.45, 2.75) is 6.42 Å². The lowest BCUT2D eigenvalue weighted by molar-refractivity contribution is -0.116. The van der Waals surface area contributed by atoms with Gasteiger partial charge in [-0.25, -0.2) is 0 Å². The van der Waals surface area contributed by atoms with Gasteiger partial charge in [-0.2, -0.15) is 0 Å². The van der Waals surface area contributed by atoms with E-state index in [1.807, 2.05) is 30.3 Å². The minimum absolute atomic E-state index is 0.173. The third-order valence-electron chi connectivity index (χ3n) is 3.86. The Labute approximate surface area is 171 Å². The van der Waals surface area contributed by atoms with Gasteiger partial charge in [0, 0.05) is 28.7 Å². The molecule has 0 atom stereocenters. The van der Waals surface area contributed by atoms with Gasteiger partial charge in [0.1, 0.15) is 11.5 Å². The Hall–Kier alpha value is -3.12. The van der Waals surface area contributed by atoms with Gasteiger partial charge in [0.2, 0.25) is 5.91 Å². The average Bonchev–Trinajstić information content (AvgIpc) is 2.71.